The highest BCUT2D eigenvalue weighted by Gasteiger charge is 2.28. The van der Waals surface area contributed by atoms with E-state index in [2.05, 4.69) is 4.98 Å². The van der Waals surface area contributed by atoms with E-state index in [1.54, 1.807) is 6.92 Å². The van der Waals surface area contributed by atoms with Gasteiger partial charge in [-0.3, -0.25) is 4.90 Å². The van der Waals surface area contributed by atoms with Crippen LogP contribution >= 0.6 is 11.3 Å². The summed E-state index contributed by atoms with van der Waals surface area (Å²) in [7, 11) is 0. The van der Waals surface area contributed by atoms with Gasteiger partial charge in [0.15, 0.2) is 5.13 Å². The van der Waals surface area contributed by atoms with Crippen LogP contribution in [-0.4, -0.2) is 41.4 Å². The molecule has 1 atom stereocenters. The molecule has 1 N–H and O–H groups in total. The van der Waals surface area contributed by atoms with E-state index in [-0.39, 0.29) is 17.6 Å². The van der Waals surface area contributed by atoms with Crippen LogP contribution in [0.4, 0.5) is 9.93 Å². The van der Waals surface area contributed by atoms with E-state index in [1.165, 1.54) is 4.90 Å². The summed E-state index contributed by atoms with van der Waals surface area (Å²) in [5.74, 6) is -1.05. The number of carboxylic acid groups (broad SMARTS) is 1. The Bertz CT molecular complexity index is 771. The summed E-state index contributed by atoms with van der Waals surface area (Å²) in [4.78, 5) is 29.7. The van der Waals surface area contributed by atoms with Crippen LogP contribution in [0.1, 0.15) is 33.8 Å². The molecule has 0 aliphatic carbocycles. The van der Waals surface area contributed by atoms with E-state index in [0.717, 1.165) is 29.7 Å². The number of aromatic nitrogens is 1. The second kappa shape index (κ2) is 8.29. The van der Waals surface area contributed by atoms with E-state index >= 15 is 0 Å². The normalized spacial score (nSPS) is 16.4. The first-order valence-electron chi connectivity index (χ1n) is 8.35. The summed E-state index contributed by atoms with van der Waals surface area (Å²) in [5, 5.41) is 9.56. The predicted molar refractivity (Wildman–Crippen MR) is 96.8 cm³/mol. The molecular formula is C18H20N2O5S. The number of thiazole rings is 1. The molecule has 3 rings (SSSR count). The average Bonchev–Trinajstić information content (AvgIpc) is 3.28. The quantitative estimate of drug-likeness (QED) is 0.830. The number of aromatic carboxylic acids is 1. The van der Waals surface area contributed by atoms with Gasteiger partial charge in [0.2, 0.25) is 0 Å². The van der Waals surface area contributed by atoms with Gasteiger partial charge in [0.25, 0.3) is 0 Å². The Morgan fingerprint density at radius 3 is 2.77 bits per heavy atom. The van der Waals surface area contributed by atoms with Crippen molar-refractivity contribution in [3.05, 3.63) is 46.5 Å². The molecule has 1 aliphatic rings. The Balaban J connectivity index is 1.76. The minimum Gasteiger partial charge on any atom is -0.477 e. The standard InChI is InChI=1S/C18H20N2O5S/c1-12-15(16(21)22)26-17(19-12)20(10-14-8-5-9-24-14)18(23)25-11-13-6-3-2-4-7-13/h2-4,6-7,14H,5,8-11H2,1H3,(H,21,22). The molecule has 0 spiro atoms. The summed E-state index contributed by atoms with van der Waals surface area (Å²) in [6.07, 6.45) is 1.12. The summed E-state index contributed by atoms with van der Waals surface area (Å²) in [6.45, 7) is 2.70. The zero-order chi connectivity index (χ0) is 18.5. The minimum atomic E-state index is -1.05. The molecule has 0 radical (unpaired) electrons. The molecule has 0 bridgehead atoms. The van der Waals surface area contributed by atoms with E-state index in [0.29, 0.717) is 24.0 Å². The molecule has 1 saturated heterocycles. The fraction of sp³-hybridized carbons (Fsp3) is 0.389. The first-order valence-corrected chi connectivity index (χ1v) is 9.17. The molecule has 2 heterocycles. The summed E-state index contributed by atoms with van der Waals surface area (Å²) in [5.41, 5.74) is 1.25. The monoisotopic (exact) mass is 376 g/mol. The Hall–Kier alpha value is -2.45. The van der Waals surface area contributed by atoms with Crippen LogP contribution in [0.15, 0.2) is 30.3 Å². The molecule has 0 saturated carbocycles. The van der Waals surface area contributed by atoms with Gasteiger partial charge in [-0.15, -0.1) is 0 Å². The van der Waals surface area contributed by atoms with Crippen LogP contribution in [0.3, 0.4) is 0 Å². The SMILES string of the molecule is Cc1nc(N(CC2CCCO2)C(=O)OCc2ccccc2)sc1C(=O)O. The number of carbonyl (C=O) groups is 2. The largest absolute Gasteiger partial charge is 0.477 e. The first kappa shape index (κ1) is 18.3. The number of benzene rings is 1. The lowest BCUT2D eigenvalue weighted by Gasteiger charge is -2.22. The number of nitrogens with zero attached hydrogens (tertiary/aromatic N) is 2. The summed E-state index contributed by atoms with van der Waals surface area (Å²) in [6, 6.07) is 9.37. The highest BCUT2D eigenvalue weighted by atomic mass is 32.1. The maximum atomic E-state index is 12.7. The zero-order valence-electron chi connectivity index (χ0n) is 14.4. The van der Waals surface area contributed by atoms with Gasteiger partial charge >= 0.3 is 12.1 Å². The van der Waals surface area contributed by atoms with Gasteiger partial charge < -0.3 is 14.6 Å². The lowest BCUT2D eigenvalue weighted by atomic mass is 10.2. The van der Waals surface area contributed by atoms with E-state index in [1.807, 2.05) is 30.3 Å². The molecule has 1 unspecified atom stereocenters. The Kier molecular flexibility index (Phi) is 5.85. The molecule has 138 valence electrons. The third-order valence-corrected chi connectivity index (χ3v) is 5.21. The fourth-order valence-electron chi connectivity index (χ4n) is 2.72. The molecule has 1 amide bonds. The van der Waals surface area contributed by atoms with Gasteiger partial charge in [-0.25, -0.2) is 14.6 Å². The van der Waals surface area contributed by atoms with Crippen molar-refractivity contribution >= 4 is 28.5 Å². The van der Waals surface area contributed by atoms with Crippen LogP contribution in [0, 0.1) is 6.92 Å². The van der Waals surface area contributed by atoms with Gasteiger partial charge in [0, 0.05) is 6.61 Å². The van der Waals surface area contributed by atoms with Crippen molar-refractivity contribution < 1.29 is 24.2 Å². The van der Waals surface area contributed by atoms with Crippen LogP contribution < -0.4 is 4.90 Å². The third-order valence-electron chi connectivity index (χ3n) is 4.05. The molecule has 1 aromatic carbocycles. The third kappa shape index (κ3) is 4.39. The molecule has 1 aromatic heterocycles. The lowest BCUT2D eigenvalue weighted by molar-refractivity contribution is 0.0701. The van der Waals surface area contributed by atoms with Crippen molar-refractivity contribution in [2.75, 3.05) is 18.1 Å². The van der Waals surface area contributed by atoms with Gasteiger partial charge in [-0.2, -0.15) is 0 Å². The maximum absolute atomic E-state index is 12.7. The van der Waals surface area contributed by atoms with Gasteiger partial charge in [0.05, 0.1) is 18.3 Å². The number of rotatable bonds is 6. The van der Waals surface area contributed by atoms with E-state index in [4.69, 9.17) is 9.47 Å². The van der Waals surface area contributed by atoms with Crippen molar-refractivity contribution in [3.63, 3.8) is 0 Å². The second-order valence-corrected chi connectivity index (χ2v) is 6.98. The van der Waals surface area contributed by atoms with E-state index in [9.17, 15) is 14.7 Å². The number of hydrogen-bond acceptors (Lipinski definition) is 6. The number of anilines is 1. The fourth-order valence-corrected chi connectivity index (χ4v) is 3.62. The number of carboxylic acids is 1. The number of aryl methyl sites for hydroxylation is 1. The number of ether oxygens (including phenoxy) is 2. The van der Waals surface area contributed by atoms with Crippen molar-refractivity contribution in [2.24, 2.45) is 0 Å². The molecule has 2 aromatic rings. The maximum Gasteiger partial charge on any atom is 0.416 e. The predicted octanol–water partition coefficient (Wildman–Crippen LogP) is 3.47. The Morgan fingerprint density at radius 1 is 1.38 bits per heavy atom. The number of amides is 1. The van der Waals surface area contributed by atoms with Crippen LogP contribution in [-0.2, 0) is 16.1 Å². The van der Waals surface area contributed by atoms with Gasteiger partial charge in [-0.1, -0.05) is 41.7 Å². The van der Waals surface area contributed by atoms with E-state index < -0.39 is 12.1 Å². The van der Waals surface area contributed by atoms with Crippen molar-refractivity contribution in [3.8, 4) is 0 Å². The highest BCUT2D eigenvalue weighted by molar-refractivity contribution is 7.17. The summed E-state index contributed by atoms with van der Waals surface area (Å²) < 4.78 is 11.0. The smallest absolute Gasteiger partial charge is 0.416 e. The molecule has 1 fully saturated rings. The minimum absolute atomic E-state index is 0.100. The van der Waals surface area contributed by atoms with Gasteiger partial charge in [0.1, 0.15) is 11.5 Å². The second-order valence-electron chi connectivity index (χ2n) is 6.00. The topological polar surface area (TPSA) is 89.0 Å². The van der Waals surface area contributed by atoms with Crippen LogP contribution in [0.2, 0.25) is 0 Å². The van der Waals surface area contributed by atoms with Crippen molar-refractivity contribution in [1.29, 1.82) is 0 Å². The average molecular weight is 376 g/mol. The Labute approximate surface area is 155 Å². The molecule has 8 heteroatoms. The van der Waals surface area contributed by atoms with Crippen LogP contribution in [0.25, 0.3) is 0 Å². The summed E-state index contributed by atoms with van der Waals surface area (Å²) >= 11 is 0.968. The zero-order valence-corrected chi connectivity index (χ0v) is 15.2. The van der Waals surface area contributed by atoms with Crippen LogP contribution in [0.5, 0.6) is 0 Å². The lowest BCUT2D eigenvalue weighted by Crippen LogP contribution is -2.37. The highest BCUT2D eigenvalue weighted by Crippen LogP contribution is 2.28. The number of carbonyl (C=O) groups excluding carboxylic acids is 1. The molecular weight excluding hydrogens is 356 g/mol. The molecule has 7 nitrogen and oxygen atoms in total. The Morgan fingerprint density at radius 2 is 2.15 bits per heavy atom. The first-order chi connectivity index (χ1) is 12.5. The molecule has 1 aliphatic heterocycles. The van der Waals surface area contributed by atoms with Gasteiger partial charge in [-0.05, 0) is 25.3 Å². The van der Waals surface area contributed by atoms with Crippen molar-refractivity contribution in [2.45, 2.75) is 32.5 Å². The number of hydrogen-bond donors (Lipinski definition) is 1. The van der Waals surface area contributed by atoms with Crippen molar-refractivity contribution in [1.82, 2.24) is 4.98 Å². The molecule has 26 heavy (non-hydrogen) atoms.